The Balaban J connectivity index is 3.79. The highest BCUT2D eigenvalue weighted by atomic mass is 16.3. The van der Waals surface area contributed by atoms with Gasteiger partial charge in [-0.2, -0.15) is 0 Å². The van der Waals surface area contributed by atoms with Crippen LogP contribution in [0.4, 0.5) is 0 Å². The maximum absolute atomic E-state index is 12.3. The summed E-state index contributed by atoms with van der Waals surface area (Å²) in [6, 6.07) is -0.650. The van der Waals surface area contributed by atoms with Crippen molar-refractivity contribution in [2.24, 2.45) is 0 Å². The lowest BCUT2D eigenvalue weighted by molar-refractivity contribution is -0.122. The van der Waals surface area contributed by atoms with Gasteiger partial charge in [-0.3, -0.25) is 4.79 Å². The van der Waals surface area contributed by atoms with E-state index in [1.54, 1.807) is 6.08 Å². The van der Waals surface area contributed by atoms with Crippen molar-refractivity contribution in [2.45, 2.75) is 167 Å². The van der Waals surface area contributed by atoms with E-state index >= 15 is 0 Å². The molecule has 0 spiro atoms. The van der Waals surface area contributed by atoms with E-state index in [1.165, 1.54) is 89.9 Å². The van der Waals surface area contributed by atoms with Gasteiger partial charge in [0.1, 0.15) is 0 Å². The number of hydrogen-bond acceptors (Lipinski definition) is 3. The third-order valence-electron chi connectivity index (χ3n) is 7.50. The van der Waals surface area contributed by atoms with E-state index in [-0.39, 0.29) is 12.5 Å². The molecule has 0 aromatic rings. The molecule has 42 heavy (non-hydrogen) atoms. The molecule has 242 valence electrons. The maximum atomic E-state index is 12.3. The zero-order valence-corrected chi connectivity index (χ0v) is 27.5. The molecule has 0 heterocycles. The van der Waals surface area contributed by atoms with Gasteiger partial charge in [0.15, 0.2) is 0 Å². The Morgan fingerprint density at radius 1 is 0.571 bits per heavy atom. The van der Waals surface area contributed by atoms with Crippen LogP contribution in [0.15, 0.2) is 60.8 Å². The molecule has 0 rings (SSSR count). The molecule has 0 radical (unpaired) electrons. The van der Waals surface area contributed by atoms with Gasteiger partial charge in [0.05, 0.1) is 18.8 Å². The van der Waals surface area contributed by atoms with Crippen molar-refractivity contribution in [3.63, 3.8) is 0 Å². The maximum Gasteiger partial charge on any atom is 0.220 e. The van der Waals surface area contributed by atoms with Crippen molar-refractivity contribution in [1.82, 2.24) is 5.32 Å². The number of amides is 1. The number of hydrogen-bond donors (Lipinski definition) is 3. The van der Waals surface area contributed by atoms with Crippen LogP contribution < -0.4 is 5.32 Å². The van der Waals surface area contributed by atoms with Crippen LogP contribution in [-0.2, 0) is 4.79 Å². The van der Waals surface area contributed by atoms with Crippen LogP contribution in [0.5, 0.6) is 0 Å². The summed E-state index contributed by atoms with van der Waals surface area (Å²) in [4.78, 5) is 12.3. The van der Waals surface area contributed by atoms with Crippen molar-refractivity contribution in [2.75, 3.05) is 6.61 Å². The SMILES string of the molecule is CCCCC/C=C\C/C=C\C/C=C\C/C=C\CCCC(=O)N[C@@H](CO)[C@H](O)/C=C/CCCCCCCCCCCCC. The normalized spacial score (nSPS) is 13.9. The van der Waals surface area contributed by atoms with Crippen LogP contribution in [0.1, 0.15) is 155 Å². The first-order valence-electron chi connectivity index (χ1n) is 17.5. The molecule has 0 bridgehead atoms. The van der Waals surface area contributed by atoms with E-state index in [4.69, 9.17) is 0 Å². The minimum absolute atomic E-state index is 0.122. The minimum atomic E-state index is -0.861. The molecule has 0 aromatic heterocycles. The Kier molecular flexibility index (Phi) is 32.1. The monoisotopic (exact) mass is 586 g/mol. The van der Waals surface area contributed by atoms with E-state index < -0.39 is 12.1 Å². The fraction of sp³-hybridized carbons (Fsp3) is 0.711. The van der Waals surface area contributed by atoms with Crippen molar-refractivity contribution in [1.29, 1.82) is 0 Å². The summed E-state index contributed by atoms with van der Waals surface area (Å²) in [5.74, 6) is -0.122. The van der Waals surface area contributed by atoms with Crippen molar-refractivity contribution >= 4 is 5.91 Å². The lowest BCUT2D eigenvalue weighted by atomic mass is 10.0. The smallest absolute Gasteiger partial charge is 0.220 e. The predicted molar refractivity (Wildman–Crippen MR) is 184 cm³/mol. The third kappa shape index (κ3) is 29.6. The minimum Gasteiger partial charge on any atom is -0.394 e. The molecule has 2 atom stereocenters. The van der Waals surface area contributed by atoms with E-state index in [1.807, 2.05) is 6.08 Å². The lowest BCUT2D eigenvalue weighted by Gasteiger charge is -2.19. The first kappa shape index (κ1) is 40.1. The van der Waals surface area contributed by atoms with Crippen molar-refractivity contribution in [3.8, 4) is 0 Å². The van der Waals surface area contributed by atoms with Gasteiger partial charge in [0, 0.05) is 6.42 Å². The van der Waals surface area contributed by atoms with E-state index in [0.29, 0.717) is 6.42 Å². The molecular formula is C38H67NO3. The Morgan fingerprint density at radius 2 is 0.976 bits per heavy atom. The molecule has 0 aliphatic carbocycles. The van der Waals surface area contributed by atoms with Crippen molar-refractivity contribution < 1.29 is 15.0 Å². The summed E-state index contributed by atoms with van der Waals surface area (Å²) >= 11 is 0. The molecule has 3 N–H and O–H groups in total. The summed E-state index contributed by atoms with van der Waals surface area (Å²) in [6.45, 7) is 4.23. The van der Waals surface area contributed by atoms with Gasteiger partial charge in [-0.15, -0.1) is 0 Å². The topological polar surface area (TPSA) is 69.6 Å². The molecule has 0 unspecified atom stereocenters. The summed E-state index contributed by atoms with van der Waals surface area (Å²) in [5, 5.41) is 22.8. The molecule has 0 saturated carbocycles. The molecule has 1 amide bonds. The first-order valence-corrected chi connectivity index (χ1v) is 17.5. The second-order valence-corrected chi connectivity index (χ2v) is 11.6. The average molecular weight is 586 g/mol. The summed E-state index contributed by atoms with van der Waals surface area (Å²) in [5.41, 5.74) is 0. The quantitative estimate of drug-likeness (QED) is 0.0580. The van der Waals surface area contributed by atoms with Crippen LogP contribution in [0.25, 0.3) is 0 Å². The fourth-order valence-electron chi connectivity index (χ4n) is 4.76. The second kappa shape index (κ2) is 33.6. The van der Waals surface area contributed by atoms with Gasteiger partial charge in [0.2, 0.25) is 5.91 Å². The number of carbonyl (C=O) groups excluding carboxylic acids is 1. The Morgan fingerprint density at radius 3 is 1.50 bits per heavy atom. The number of unbranched alkanes of at least 4 members (excludes halogenated alkanes) is 15. The standard InChI is InChI=1S/C38H67NO3/c1-3-5-7-9-11-13-15-17-18-19-20-22-24-26-28-30-32-34-38(42)39-36(35-40)37(41)33-31-29-27-25-23-21-16-14-12-10-8-6-4-2/h11,13,17-18,20,22,26,28,31,33,36-37,40-41H,3-10,12,14-16,19,21,23-25,27,29-30,32,34-35H2,1-2H3,(H,39,42)/b13-11-,18-17-,22-20-,28-26-,33-31+/t36-,37+/m0/s1. The first-order chi connectivity index (χ1) is 20.7. The van der Waals surface area contributed by atoms with E-state index in [2.05, 4.69) is 67.8 Å². The van der Waals surface area contributed by atoms with Gasteiger partial charge in [-0.25, -0.2) is 0 Å². The molecule has 0 aromatic carbocycles. The third-order valence-corrected chi connectivity index (χ3v) is 7.50. The van der Waals surface area contributed by atoms with Gasteiger partial charge in [-0.1, -0.05) is 152 Å². The number of allylic oxidation sites excluding steroid dienone is 9. The zero-order chi connectivity index (χ0) is 30.8. The van der Waals surface area contributed by atoms with Crippen LogP contribution in [0, 0.1) is 0 Å². The molecule has 0 aliphatic heterocycles. The molecule has 4 nitrogen and oxygen atoms in total. The van der Waals surface area contributed by atoms with E-state index in [9.17, 15) is 15.0 Å². The van der Waals surface area contributed by atoms with Crippen LogP contribution in [0.3, 0.4) is 0 Å². The fourth-order valence-corrected chi connectivity index (χ4v) is 4.76. The van der Waals surface area contributed by atoms with Gasteiger partial charge in [0.25, 0.3) is 0 Å². The molecule has 0 fully saturated rings. The second-order valence-electron chi connectivity index (χ2n) is 11.6. The predicted octanol–water partition coefficient (Wildman–Crippen LogP) is 10.2. The number of nitrogens with one attached hydrogen (secondary N) is 1. The summed E-state index contributed by atoms with van der Waals surface area (Å²) < 4.78 is 0. The van der Waals surface area contributed by atoms with Crippen LogP contribution >= 0.6 is 0 Å². The highest BCUT2D eigenvalue weighted by Gasteiger charge is 2.17. The molecule has 0 aliphatic rings. The number of carbonyl (C=O) groups is 1. The number of aliphatic hydroxyl groups is 2. The Labute approximate surface area is 260 Å². The molecule has 0 saturated heterocycles. The van der Waals surface area contributed by atoms with Gasteiger partial charge < -0.3 is 15.5 Å². The van der Waals surface area contributed by atoms with E-state index in [0.717, 1.165) is 44.9 Å². The summed E-state index contributed by atoms with van der Waals surface area (Å²) in [6.07, 6.45) is 45.8. The van der Waals surface area contributed by atoms with Crippen LogP contribution in [0.2, 0.25) is 0 Å². The van der Waals surface area contributed by atoms with Crippen molar-refractivity contribution in [3.05, 3.63) is 60.8 Å². The highest BCUT2D eigenvalue weighted by Crippen LogP contribution is 2.12. The Bertz CT molecular complexity index is 722. The van der Waals surface area contributed by atoms with Gasteiger partial charge >= 0.3 is 0 Å². The average Bonchev–Trinajstić information content (AvgIpc) is 2.99. The molecule has 4 heteroatoms. The highest BCUT2D eigenvalue weighted by molar-refractivity contribution is 5.76. The zero-order valence-electron chi connectivity index (χ0n) is 27.5. The number of rotatable bonds is 30. The number of aliphatic hydroxyl groups excluding tert-OH is 2. The molecular weight excluding hydrogens is 518 g/mol. The lowest BCUT2D eigenvalue weighted by Crippen LogP contribution is -2.45. The van der Waals surface area contributed by atoms with Crippen LogP contribution in [-0.4, -0.2) is 34.9 Å². The Hall–Kier alpha value is -1.91. The summed E-state index contributed by atoms with van der Waals surface area (Å²) in [7, 11) is 0. The largest absolute Gasteiger partial charge is 0.394 e. The van der Waals surface area contributed by atoms with Gasteiger partial charge in [-0.05, 0) is 57.8 Å².